The van der Waals surface area contributed by atoms with Crippen molar-refractivity contribution in [3.05, 3.63) is 5.89 Å². The molecule has 1 heterocycles. The third-order valence-corrected chi connectivity index (χ3v) is 2.89. The van der Waals surface area contributed by atoms with Crippen LogP contribution in [0.5, 0.6) is 0 Å². The van der Waals surface area contributed by atoms with Gasteiger partial charge in [-0.25, -0.2) is 0 Å². The Bertz CT molecular complexity index is 352. The average molecular weight is 254 g/mol. The Morgan fingerprint density at radius 3 is 3.00 bits per heavy atom. The van der Waals surface area contributed by atoms with Crippen LogP contribution in [0, 0.1) is 5.92 Å². The van der Waals surface area contributed by atoms with E-state index in [0.29, 0.717) is 25.1 Å². The van der Waals surface area contributed by atoms with Crippen LogP contribution in [0.3, 0.4) is 0 Å². The first-order valence-corrected chi connectivity index (χ1v) is 6.68. The highest BCUT2D eigenvalue weighted by Gasteiger charge is 2.20. The number of anilines is 1. The molecule has 1 saturated carbocycles. The van der Waals surface area contributed by atoms with E-state index in [1.165, 1.54) is 12.8 Å². The molecule has 1 aromatic heterocycles. The zero-order valence-electron chi connectivity index (χ0n) is 11.1. The number of hydrogen-bond donors (Lipinski definition) is 2. The highest BCUT2D eigenvalue weighted by atomic mass is 16.5. The van der Waals surface area contributed by atoms with Crippen LogP contribution in [0.1, 0.15) is 38.6 Å². The van der Waals surface area contributed by atoms with Crippen LogP contribution < -0.4 is 10.6 Å². The molecule has 0 amide bonds. The van der Waals surface area contributed by atoms with Crippen molar-refractivity contribution in [2.45, 2.75) is 32.7 Å². The predicted molar refractivity (Wildman–Crippen MR) is 68.4 cm³/mol. The molecule has 0 saturated heterocycles. The standard InChI is InChI=1S/C12H22N4O2/c1-3-13-9(2)11-15-16-12(18-11)14-6-7-17-8-10-4-5-10/h9-10,13H,3-8H2,1-2H3,(H,14,16). The van der Waals surface area contributed by atoms with Gasteiger partial charge in [0.15, 0.2) is 0 Å². The second kappa shape index (κ2) is 6.70. The lowest BCUT2D eigenvalue weighted by molar-refractivity contribution is 0.133. The van der Waals surface area contributed by atoms with Gasteiger partial charge in [0.2, 0.25) is 5.89 Å². The highest BCUT2D eigenvalue weighted by molar-refractivity contribution is 5.16. The largest absolute Gasteiger partial charge is 0.406 e. The minimum Gasteiger partial charge on any atom is -0.406 e. The Labute approximate surface area is 107 Å². The summed E-state index contributed by atoms with van der Waals surface area (Å²) < 4.78 is 11.0. The number of nitrogens with one attached hydrogen (secondary N) is 2. The van der Waals surface area contributed by atoms with Crippen LogP contribution >= 0.6 is 0 Å². The Morgan fingerprint density at radius 1 is 1.44 bits per heavy atom. The molecule has 0 spiro atoms. The maximum Gasteiger partial charge on any atom is 0.315 e. The summed E-state index contributed by atoms with van der Waals surface area (Å²) in [5.74, 6) is 1.42. The van der Waals surface area contributed by atoms with Crippen molar-refractivity contribution in [3.8, 4) is 0 Å². The fraction of sp³-hybridized carbons (Fsp3) is 0.833. The zero-order chi connectivity index (χ0) is 12.8. The van der Waals surface area contributed by atoms with Crippen LogP contribution in [-0.4, -0.2) is 36.5 Å². The van der Waals surface area contributed by atoms with E-state index < -0.39 is 0 Å². The Hall–Kier alpha value is -1.14. The van der Waals surface area contributed by atoms with Crippen molar-refractivity contribution in [1.82, 2.24) is 15.5 Å². The van der Waals surface area contributed by atoms with Gasteiger partial charge in [-0.2, -0.15) is 0 Å². The van der Waals surface area contributed by atoms with Gasteiger partial charge < -0.3 is 19.8 Å². The monoisotopic (exact) mass is 254 g/mol. The molecule has 1 atom stereocenters. The molecule has 0 bridgehead atoms. The molecular weight excluding hydrogens is 232 g/mol. The molecule has 2 N–H and O–H groups in total. The molecule has 18 heavy (non-hydrogen) atoms. The van der Waals surface area contributed by atoms with E-state index in [4.69, 9.17) is 9.15 Å². The summed E-state index contributed by atoms with van der Waals surface area (Å²) in [6, 6.07) is 0.550. The normalized spacial score (nSPS) is 16.8. The number of nitrogens with zero attached hydrogens (tertiary/aromatic N) is 2. The average Bonchev–Trinajstić information content (AvgIpc) is 3.06. The van der Waals surface area contributed by atoms with E-state index in [1.54, 1.807) is 0 Å². The van der Waals surface area contributed by atoms with Gasteiger partial charge in [-0.1, -0.05) is 12.0 Å². The van der Waals surface area contributed by atoms with Crippen LogP contribution in [0.4, 0.5) is 6.01 Å². The molecule has 6 heteroatoms. The summed E-state index contributed by atoms with van der Waals surface area (Å²) in [7, 11) is 0. The van der Waals surface area contributed by atoms with Crippen molar-refractivity contribution in [2.24, 2.45) is 5.92 Å². The van der Waals surface area contributed by atoms with Crippen molar-refractivity contribution in [3.63, 3.8) is 0 Å². The minimum absolute atomic E-state index is 0.0872. The van der Waals surface area contributed by atoms with Crippen molar-refractivity contribution in [1.29, 1.82) is 0 Å². The van der Waals surface area contributed by atoms with E-state index in [-0.39, 0.29) is 6.04 Å². The van der Waals surface area contributed by atoms with Gasteiger partial charge in [-0.15, -0.1) is 5.10 Å². The molecule has 102 valence electrons. The fourth-order valence-corrected chi connectivity index (χ4v) is 1.64. The van der Waals surface area contributed by atoms with Gasteiger partial charge in [-0.05, 0) is 32.2 Å². The van der Waals surface area contributed by atoms with Crippen LogP contribution in [0.25, 0.3) is 0 Å². The molecule has 1 unspecified atom stereocenters. The van der Waals surface area contributed by atoms with Gasteiger partial charge in [0.1, 0.15) is 0 Å². The van der Waals surface area contributed by atoms with Gasteiger partial charge in [0.25, 0.3) is 0 Å². The summed E-state index contributed by atoms with van der Waals surface area (Å²) in [5.41, 5.74) is 0. The summed E-state index contributed by atoms with van der Waals surface area (Å²) >= 11 is 0. The van der Waals surface area contributed by atoms with Gasteiger partial charge >= 0.3 is 6.01 Å². The summed E-state index contributed by atoms with van der Waals surface area (Å²) in [4.78, 5) is 0. The molecule has 2 rings (SSSR count). The van der Waals surface area contributed by atoms with E-state index >= 15 is 0 Å². The third-order valence-electron chi connectivity index (χ3n) is 2.89. The number of ether oxygens (including phenoxy) is 1. The lowest BCUT2D eigenvalue weighted by Crippen LogP contribution is -2.17. The maximum atomic E-state index is 5.51. The third kappa shape index (κ3) is 4.27. The summed E-state index contributed by atoms with van der Waals surface area (Å²) in [5, 5.41) is 14.2. The van der Waals surface area contributed by atoms with E-state index in [0.717, 1.165) is 19.1 Å². The predicted octanol–water partition coefficient (Wildman–Crippen LogP) is 1.58. The van der Waals surface area contributed by atoms with Gasteiger partial charge in [0, 0.05) is 13.2 Å². The first-order valence-electron chi connectivity index (χ1n) is 6.68. The van der Waals surface area contributed by atoms with Crippen LogP contribution in [-0.2, 0) is 4.74 Å². The minimum atomic E-state index is 0.0872. The first-order chi connectivity index (χ1) is 8.79. The quantitative estimate of drug-likeness (QED) is 0.652. The molecule has 6 nitrogen and oxygen atoms in total. The van der Waals surface area contributed by atoms with Crippen molar-refractivity contribution in [2.75, 3.05) is 31.6 Å². The van der Waals surface area contributed by atoms with Gasteiger partial charge in [-0.3, -0.25) is 0 Å². The van der Waals surface area contributed by atoms with Crippen LogP contribution in [0.2, 0.25) is 0 Å². The summed E-state index contributed by atoms with van der Waals surface area (Å²) in [6.07, 6.45) is 2.64. The van der Waals surface area contributed by atoms with Gasteiger partial charge in [0.05, 0.1) is 12.6 Å². The number of rotatable bonds is 9. The number of hydrogen-bond acceptors (Lipinski definition) is 6. The molecule has 1 aliphatic rings. The maximum absolute atomic E-state index is 5.51. The van der Waals surface area contributed by atoms with Crippen molar-refractivity contribution < 1.29 is 9.15 Å². The molecular formula is C12H22N4O2. The molecule has 1 aliphatic carbocycles. The highest BCUT2D eigenvalue weighted by Crippen LogP contribution is 2.28. The fourth-order valence-electron chi connectivity index (χ4n) is 1.64. The van der Waals surface area contributed by atoms with Crippen molar-refractivity contribution >= 4 is 6.01 Å². The van der Waals surface area contributed by atoms with E-state index in [9.17, 15) is 0 Å². The first kappa shape index (κ1) is 13.3. The SMILES string of the molecule is CCNC(C)c1nnc(NCCOCC2CC2)o1. The molecule has 1 fully saturated rings. The zero-order valence-corrected chi connectivity index (χ0v) is 11.1. The summed E-state index contributed by atoms with van der Waals surface area (Å²) in [6.45, 7) is 7.18. The second-order valence-electron chi connectivity index (χ2n) is 4.67. The Morgan fingerprint density at radius 2 is 2.28 bits per heavy atom. The van der Waals surface area contributed by atoms with E-state index in [2.05, 4.69) is 20.8 Å². The Kier molecular flexibility index (Phi) is 4.95. The lowest BCUT2D eigenvalue weighted by Gasteiger charge is -2.06. The topological polar surface area (TPSA) is 72.2 Å². The lowest BCUT2D eigenvalue weighted by atomic mass is 10.3. The molecule has 0 aromatic carbocycles. The van der Waals surface area contributed by atoms with Crippen LogP contribution in [0.15, 0.2) is 4.42 Å². The Balaban J connectivity index is 1.62. The molecule has 1 aromatic rings. The van der Waals surface area contributed by atoms with E-state index in [1.807, 2.05) is 13.8 Å². The second-order valence-corrected chi connectivity index (χ2v) is 4.67. The smallest absolute Gasteiger partial charge is 0.315 e. The molecule has 0 radical (unpaired) electrons. The number of aromatic nitrogens is 2. The molecule has 0 aliphatic heterocycles.